The summed E-state index contributed by atoms with van der Waals surface area (Å²) in [6.45, 7) is 5.25. The van der Waals surface area contributed by atoms with Crippen molar-refractivity contribution in [2.75, 3.05) is 7.11 Å². The number of aryl methyl sites for hydroxylation is 1. The van der Waals surface area contributed by atoms with Gasteiger partial charge in [-0.15, -0.1) is 10.2 Å². The van der Waals surface area contributed by atoms with E-state index in [-0.39, 0.29) is 18.0 Å². The molecule has 6 nitrogen and oxygen atoms in total. The number of para-hydroxylation sites is 1. The van der Waals surface area contributed by atoms with E-state index < -0.39 is 0 Å². The Labute approximate surface area is 166 Å². The molecule has 0 saturated carbocycles. The van der Waals surface area contributed by atoms with Crippen molar-refractivity contribution in [2.24, 2.45) is 5.92 Å². The molecule has 2 aromatic rings. The van der Waals surface area contributed by atoms with Crippen LogP contribution in [0.1, 0.15) is 50.3 Å². The first kappa shape index (κ1) is 19.0. The highest BCUT2D eigenvalue weighted by molar-refractivity contribution is 5.77. The number of aromatic nitrogens is 3. The molecule has 0 radical (unpaired) electrons. The molecule has 2 unspecified atom stereocenters. The van der Waals surface area contributed by atoms with E-state index in [4.69, 9.17) is 4.74 Å². The zero-order valence-electron chi connectivity index (χ0n) is 17.1. The molecular formula is C22H30N4O2. The molecule has 0 spiro atoms. The Morgan fingerprint density at radius 1 is 1.21 bits per heavy atom. The molecule has 1 aromatic carbocycles. The van der Waals surface area contributed by atoms with E-state index in [0.29, 0.717) is 18.8 Å². The lowest BCUT2D eigenvalue weighted by molar-refractivity contribution is -0.134. The second-order valence-corrected chi connectivity index (χ2v) is 8.44. The average molecular weight is 383 g/mol. The number of rotatable bonds is 6. The fourth-order valence-electron chi connectivity index (χ4n) is 4.70. The van der Waals surface area contributed by atoms with Crippen molar-refractivity contribution in [1.82, 2.24) is 19.7 Å². The van der Waals surface area contributed by atoms with Gasteiger partial charge in [0, 0.05) is 31.8 Å². The first-order valence-corrected chi connectivity index (χ1v) is 10.4. The van der Waals surface area contributed by atoms with E-state index >= 15 is 0 Å². The van der Waals surface area contributed by atoms with Crippen LogP contribution < -0.4 is 4.74 Å². The molecule has 3 heterocycles. The fourth-order valence-corrected chi connectivity index (χ4v) is 4.70. The molecule has 28 heavy (non-hydrogen) atoms. The van der Waals surface area contributed by atoms with Crippen LogP contribution in [0.5, 0.6) is 5.75 Å². The summed E-state index contributed by atoms with van der Waals surface area (Å²) >= 11 is 0. The van der Waals surface area contributed by atoms with E-state index in [2.05, 4.69) is 33.5 Å². The molecular weight excluding hydrogens is 352 g/mol. The third kappa shape index (κ3) is 3.64. The number of benzene rings is 1. The summed E-state index contributed by atoms with van der Waals surface area (Å²) in [6, 6.07) is 8.48. The summed E-state index contributed by atoms with van der Waals surface area (Å²) in [5.41, 5.74) is 1.09. The standard InChI is InChI=1S/C22H30N4O2/c1-15(2)12-20-23-24-21-13-17-9-10-18(14-25(20)21)26(17)22(27)11-8-16-6-4-5-7-19(16)28-3/h4-7,15,17-18H,8-14H2,1-3H3. The van der Waals surface area contributed by atoms with E-state index in [1.165, 1.54) is 0 Å². The highest BCUT2D eigenvalue weighted by Gasteiger charge is 2.40. The maximum Gasteiger partial charge on any atom is 0.223 e. The minimum atomic E-state index is 0.252. The molecule has 6 heteroatoms. The Morgan fingerprint density at radius 3 is 2.79 bits per heavy atom. The van der Waals surface area contributed by atoms with Crippen molar-refractivity contribution in [3.63, 3.8) is 0 Å². The predicted molar refractivity (Wildman–Crippen MR) is 107 cm³/mol. The van der Waals surface area contributed by atoms with Crippen LogP contribution in [0.2, 0.25) is 0 Å². The molecule has 4 rings (SSSR count). The number of fused-ring (bicyclic) bond motifs is 3. The number of hydrogen-bond acceptors (Lipinski definition) is 4. The van der Waals surface area contributed by atoms with Gasteiger partial charge in [-0.2, -0.15) is 0 Å². The Balaban J connectivity index is 1.47. The minimum Gasteiger partial charge on any atom is -0.496 e. The number of ether oxygens (including phenoxy) is 1. The number of methoxy groups -OCH3 is 1. The molecule has 150 valence electrons. The van der Waals surface area contributed by atoms with Crippen molar-refractivity contribution >= 4 is 5.91 Å². The fraction of sp³-hybridized carbons (Fsp3) is 0.591. The molecule has 1 aromatic heterocycles. The molecule has 2 aliphatic heterocycles. The topological polar surface area (TPSA) is 60.2 Å². The molecule has 1 saturated heterocycles. The Morgan fingerprint density at radius 2 is 2.00 bits per heavy atom. The first-order chi connectivity index (χ1) is 13.6. The number of nitrogens with zero attached hydrogens (tertiary/aromatic N) is 4. The van der Waals surface area contributed by atoms with Gasteiger partial charge in [0.05, 0.1) is 13.2 Å². The van der Waals surface area contributed by atoms with Crippen LogP contribution in [0, 0.1) is 5.92 Å². The van der Waals surface area contributed by atoms with Crippen molar-refractivity contribution in [2.45, 2.75) is 71.0 Å². The molecule has 0 N–H and O–H groups in total. The zero-order valence-corrected chi connectivity index (χ0v) is 17.1. The molecule has 1 amide bonds. The largest absolute Gasteiger partial charge is 0.496 e. The smallest absolute Gasteiger partial charge is 0.223 e. The number of hydrogen-bond donors (Lipinski definition) is 0. The van der Waals surface area contributed by atoms with Crippen molar-refractivity contribution in [3.8, 4) is 5.75 Å². The van der Waals surface area contributed by atoms with Gasteiger partial charge in [-0.25, -0.2) is 0 Å². The third-order valence-corrected chi connectivity index (χ3v) is 6.01. The summed E-state index contributed by atoms with van der Waals surface area (Å²) in [4.78, 5) is 15.3. The van der Waals surface area contributed by atoms with E-state index in [1.807, 2.05) is 24.3 Å². The predicted octanol–water partition coefficient (Wildman–Crippen LogP) is 3.03. The van der Waals surface area contributed by atoms with E-state index in [0.717, 1.165) is 55.2 Å². The van der Waals surface area contributed by atoms with Crippen LogP contribution in [0.3, 0.4) is 0 Å². The first-order valence-electron chi connectivity index (χ1n) is 10.4. The van der Waals surface area contributed by atoms with Crippen LogP contribution in [-0.4, -0.2) is 44.8 Å². The summed E-state index contributed by atoms with van der Waals surface area (Å²) in [5.74, 6) is 3.78. The van der Waals surface area contributed by atoms with Gasteiger partial charge >= 0.3 is 0 Å². The van der Waals surface area contributed by atoms with Crippen LogP contribution in [0.25, 0.3) is 0 Å². The average Bonchev–Trinajstić information content (AvgIpc) is 3.18. The molecule has 0 aliphatic carbocycles. The minimum absolute atomic E-state index is 0.252. The Hall–Kier alpha value is -2.37. The lowest BCUT2D eigenvalue weighted by Crippen LogP contribution is -2.42. The van der Waals surface area contributed by atoms with Gasteiger partial charge in [-0.1, -0.05) is 32.0 Å². The molecule has 2 atom stereocenters. The van der Waals surface area contributed by atoms with E-state index in [9.17, 15) is 4.79 Å². The van der Waals surface area contributed by atoms with Crippen LogP contribution in [0.4, 0.5) is 0 Å². The quantitative estimate of drug-likeness (QED) is 0.770. The third-order valence-electron chi connectivity index (χ3n) is 6.01. The summed E-state index contributed by atoms with van der Waals surface area (Å²) < 4.78 is 7.71. The molecule has 2 aliphatic rings. The molecule has 1 fully saturated rings. The number of amides is 1. The molecule has 2 bridgehead atoms. The van der Waals surface area contributed by atoms with Crippen molar-refractivity contribution in [3.05, 3.63) is 41.5 Å². The summed E-state index contributed by atoms with van der Waals surface area (Å²) in [7, 11) is 1.68. The van der Waals surface area contributed by atoms with Gasteiger partial charge in [0.2, 0.25) is 5.91 Å². The normalized spacial score (nSPS) is 20.9. The summed E-state index contributed by atoms with van der Waals surface area (Å²) in [6.07, 6.45) is 5.13. The monoisotopic (exact) mass is 382 g/mol. The van der Waals surface area contributed by atoms with Gasteiger partial charge in [0.15, 0.2) is 0 Å². The Bertz CT molecular complexity index is 845. The van der Waals surface area contributed by atoms with Gasteiger partial charge < -0.3 is 14.2 Å². The van der Waals surface area contributed by atoms with Crippen LogP contribution in [-0.2, 0) is 30.6 Å². The van der Waals surface area contributed by atoms with Gasteiger partial charge in [0.25, 0.3) is 0 Å². The summed E-state index contributed by atoms with van der Waals surface area (Å²) in [5, 5.41) is 8.89. The van der Waals surface area contributed by atoms with Crippen LogP contribution in [0.15, 0.2) is 24.3 Å². The number of carbonyl (C=O) groups excluding carboxylic acids is 1. The van der Waals surface area contributed by atoms with Crippen molar-refractivity contribution in [1.29, 1.82) is 0 Å². The number of carbonyl (C=O) groups is 1. The lowest BCUT2D eigenvalue weighted by Gasteiger charge is -2.28. The van der Waals surface area contributed by atoms with Gasteiger partial charge in [0.1, 0.15) is 17.4 Å². The van der Waals surface area contributed by atoms with Crippen molar-refractivity contribution < 1.29 is 9.53 Å². The maximum atomic E-state index is 13.2. The van der Waals surface area contributed by atoms with Gasteiger partial charge in [-0.05, 0) is 36.8 Å². The second-order valence-electron chi connectivity index (χ2n) is 8.44. The Kier molecular flexibility index (Phi) is 5.38. The SMILES string of the molecule is COc1ccccc1CCC(=O)N1C2CCC1Cn1c(CC(C)C)nnc1C2. The van der Waals surface area contributed by atoms with Gasteiger partial charge in [-0.3, -0.25) is 4.79 Å². The lowest BCUT2D eigenvalue weighted by atomic mass is 10.1. The highest BCUT2D eigenvalue weighted by atomic mass is 16.5. The second kappa shape index (κ2) is 7.94. The zero-order chi connectivity index (χ0) is 19.7. The van der Waals surface area contributed by atoms with Crippen LogP contribution >= 0.6 is 0 Å². The van der Waals surface area contributed by atoms with E-state index in [1.54, 1.807) is 7.11 Å². The highest BCUT2D eigenvalue weighted by Crippen LogP contribution is 2.32. The maximum absolute atomic E-state index is 13.2.